The van der Waals surface area contributed by atoms with E-state index in [1.54, 1.807) is 0 Å². The molecule has 1 fully saturated rings. The summed E-state index contributed by atoms with van der Waals surface area (Å²) in [5.74, 6) is 0.0260. The van der Waals surface area contributed by atoms with Crippen molar-refractivity contribution in [1.82, 2.24) is 4.90 Å². The van der Waals surface area contributed by atoms with E-state index in [1.807, 2.05) is 25.1 Å². The number of benzene rings is 1. The standard InChI is InChI=1S/C22H31NO2/c1-18(14-17-23-15-8-9-16-23)25-22(24)21(19-10-4-2-5-11-19)20-12-6-3-7-13-20/h2,4-6,10-12,18,20-21H,3,7-9,13-17H2,1H3. The molecule has 0 radical (unpaired) electrons. The van der Waals surface area contributed by atoms with Crippen LogP contribution in [0.1, 0.15) is 56.9 Å². The fourth-order valence-electron chi connectivity index (χ4n) is 4.04. The normalized spacial score (nSPS) is 23.3. The minimum atomic E-state index is -0.174. The Labute approximate surface area is 152 Å². The van der Waals surface area contributed by atoms with Crippen LogP contribution < -0.4 is 0 Å². The lowest BCUT2D eigenvalue weighted by Gasteiger charge is -2.27. The van der Waals surface area contributed by atoms with Crippen LogP contribution >= 0.6 is 0 Å². The molecule has 136 valence electrons. The zero-order chi connectivity index (χ0) is 17.5. The molecule has 0 saturated carbocycles. The molecule has 0 spiro atoms. The Kier molecular flexibility index (Phi) is 6.69. The van der Waals surface area contributed by atoms with Crippen molar-refractivity contribution < 1.29 is 9.53 Å². The Hall–Kier alpha value is -1.61. The van der Waals surface area contributed by atoms with Gasteiger partial charge in [0.2, 0.25) is 0 Å². The van der Waals surface area contributed by atoms with Gasteiger partial charge in [-0.2, -0.15) is 0 Å². The van der Waals surface area contributed by atoms with Crippen LogP contribution in [0.3, 0.4) is 0 Å². The van der Waals surface area contributed by atoms with Crippen LogP contribution in [0, 0.1) is 5.92 Å². The second kappa shape index (κ2) is 9.19. The molecule has 3 nitrogen and oxygen atoms in total. The summed E-state index contributed by atoms with van der Waals surface area (Å²) >= 11 is 0. The van der Waals surface area contributed by atoms with Crippen molar-refractivity contribution in [2.75, 3.05) is 19.6 Å². The van der Waals surface area contributed by atoms with Crippen molar-refractivity contribution in [3.05, 3.63) is 48.0 Å². The number of ether oxygens (including phenoxy) is 1. The van der Waals surface area contributed by atoms with E-state index < -0.39 is 0 Å². The van der Waals surface area contributed by atoms with Gasteiger partial charge in [-0.1, -0.05) is 42.5 Å². The van der Waals surface area contributed by atoms with E-state index in [1.165, 1.54) is 25.9 Å². The maximum Gasteiger partial charge on any atom is 0.314 e. The molecular weight excluding hydrogens is 310 g/mol. The molecular formula is C22H31NO2. The summed E-state index contributed by atoms with van der Waals surface area (Å²) in [5.41, 5.74) is 1.08. The molecule has 0 amide bonds. The molecule has 3 atom stereocenters. The van der Waals surface area contributed by atoms with Crippen molar-refractivity contribution in [1.29, 1.82) is 0 Å². The summed E-state index contributed by atoms with van der Waals surface area (Å²) in [6, 6.07) is 10.1. The highest BCUT2D eigenvalue weighted by Gasteiger charge is 2.31. The number of esters is 1. The molecule has 0 bridgehead atoms. The number of rotatable bonds is 7. The minimum Gasteiger partial charge on any atom is -0.462 e. The van der Waals surface area contributed by atoms with Gasteiger partial charge in [0.05, 0.1) is 5.92 Å². The van der Waals surface area contributed by atoms with Crippen LogP contribution in [0.5, 0.6) is 0 Å². The van der Waals surface area contributed by atoms with E-state index in [2.05, 4.69) is 29.2 Å². The number of nitrogens with zero attached hydrogens (tertiary/aromatic N) is 1. The molecule has 3 heteroatoms. The summed E-state index contributed by atoms with van der Waals surface area (Å²) in [6.07, 6.45) is 11.3. The molecule has 2 aliphatic rings. The van der Waals surface area contributed by atoms with E-state index >= 15 is 0 Å². The van der Waals surface area contributed by atoms with Gasteiger partial charge in [0.1, 0.15) is 6.10 Å². The quantitative estimate of drug-likeness (QED) is 0.538. The van der Waals surface area contributed by atoms with Crippen molar-refractivity contribution in [2.24, 2.45) is 5.92 Å². The number of hydrogen-bond acceptors (Lipinski definition) is 3. The van der Waals surface area contributed by atoms with Gasteiger partial charge in [-0.3, -0.25) is 4.79 Å². The van der Waals surface area contributed by atoms with E-state index in [4.69, 9.17) is 4.74 Å². The van der Waals surface area contributed by atoms with E-state index in [9.17, 15) is 4.79 Å². The molecule has 1 aliphatic heterocycles. The summed E-state index contributed by atoms with van der Waals surface area (Å²) in [7, 11) is 0. The van der Waals surface area contributed by atoms with Crippen molar-refractivity contribution in [3.63, 3.8) is 0 Å². The lowest BCUT2D eigenvalue weighted by molar-refractivity contribution is -0.151. The second-order valence-corrected chi connectivity index (χ2v) is 7.50. The Morgan fingerprint density at radius 3 is 2.64 bits per heavy atom. The summed E-state index contributed by atoms with van der Waals surface area (Å²) < 4.78 is 5.88. The molecule has 0 aromatic heterocycles. The molecule has 1 aliphatic carbocycles. The maximum atomic E-state index is 13.0. The fraction of sp³-hybridized carbons (Fsp3) is 0.591. The van der Waals surface area contributed by atoms with Crippen LogP contribution in [0.2, 0.25) is 0 Å². The van der Waals surface area contributed by atoms with Gasteiger partial charge in [0, 0.05) is 6.54 Å². The van der Waals surface area contributed by atoms with Gasteiger partial charge in [-0.05, 0) is 70.0 Å². The molecule has 25 heavy (non-hydrogen) atoms. The van der Waals surface area contributed by atoms with E-state index in [-0.39, 0.29) is 23.9 Å². The molecule has 3 unspecified atom stereocenters. The first-order valence-electron chi connectivity index (χ1n) is 9.88. The van der Waals surface area contributed by atoms with Gasteiger partial charge in [0.15, 0.2) is 0 Å². The first-order valence-corrected chi connectivity index (χ1v) is 9.88. The third-order valence-electron chi connectivity index (χ3n) is 5.50. The second-order valence-electron chi connectivity index (χ2n) is 7.50. The average Bonchev–Trinajstić information content (AvgIpc) is 3.16. The van der Waals surface area contributed by atoms with Crippen molar-refractivity contribution in [3.8, 4) is 0 Å². The SMILES string of the molecule is CC(CCN1CCCC1)OC(=O)C(c1ccccc1)C1C=CCCC1. The highest BCUT2D eigenvalue weighted by molar-refractivity contribution is 5.79. The summed E-state index contributed by atoms with van der Waals surface area (Å²) in [4.78, 5) is 15.5. The Bertz CT molecular complexity index is 563. The zero-order valence-electron chi connectivity index (χ0n) is 15.4. The zero-order valence-corrected chi connectivity index (χ0v) is 15.4. The molecule has 0 N–H and O–H groups in total. The summed E-state index contributed by atoms with van der Waals surface area (Å²) in [5, 5.41) is 0. The predicted molar refractivity (Wildman–Crippen MR) is 102 cm³/mol. The average molecular weight is 341 g/mol. The number of carbonyl (C=O) groups excluding carboxylic acids is 1. The number of allylic oxidation sites excluding steroid dienone is 2. The molecule has 1 heterocycles. The lowest BCUT2D eigenvalue weighted by Crippen LogP contribution is -2.29. The molecule has 1 aromatic rings. The number of hydrogen-bond donors (Lipinski definition) is 0. The largest absolute Gasteiger partial charge is 0.462 e. The molecule has 1 aromatic carbocycles. The van der Waals surface area contributed by atoms with Crippen LogP contribution in [0.15, 0.2) is 42.5 Å². The third-order valence-corrected chi connectivity index (χ3v) is 5.50. The predicted octanol–water partition coefficient (Wildman–Crippen LogP) is 4.54. The van der Waals surface area contributed by atoms with E-state index in [0.29, 0.717) is 0 Å². The van der Waals surface area contributed by atoms with Gasteiger partial charge >= 0.3 is 5.97 Å². The highest BCUT2D eigenvalue weighted by Crippen LogP contribution is 2.34. The fourth-order valence-corrected chi connectivity index (χ4v) is 4.04. The van der Waals surface area contributed by atoms with Crippen molar-refractivity contribution >= 4 is 5.97 Å². The Balaban J connectivity index is 1.62. The number of likely N-dealkylation sites (tertiary alicyclic amines) is 1. The Morgan fingerprint density at radius 1 is 1.20 bits per heavy atom. The van der Waals surface area contributed by atoms with Gasteiger partial charge in [-0.15, -0.1) is 0 Å². The van der Waals surface area contributed by atoms with Crippen LogP contribution in [0.25, 0.3) is 0 Å². The highest BCUT2D eigenvalue weighted by atomic mass is 16.5. The van der Waals surface area contributed by atoms with Gasteiger partial charge < -0.3 is 9.64 Å². The smallest absolute Gasteiger partial charge is 0.314 e. The summed E-state index contributed by atoms with van der Waals surface area (Å²) in [6.45, 7) is 5.46. The van der Waals surface area contributed by atoms with Crippen molar-refractivity contribution in [2.45, 2.75) is 57.5 Å². The van der Waals surface area contributed by atoms with E-state index in [0.717, 1.165) is 37.8 Å². The first-order chi connectivity index (χ1) is 12.2. The lowest BCUT2D eigenvalue weighted by atomic mass is 9.80. The molecule has 1 saturated heterocycles. The first kappa shape index (κ1) is 18.2. The topological polar surface area (TPSA) is 29.5 Å². The van der Waals surface area contributed by atoms with Crippen LogP contribution in [-0.4, -0.2) is 36.6 Å². The van der Waals surface area contributed by atoms with Crippen LogP contribution in [-0.2, 0) is 9.53 Å². The van der Waals surface area contributed by atoms with Gasteiger partial charge in [-0.25, -0.2) is 0 Å². The minimum absolute atomic E-state index is 0.0214. The number of carbonyl (C=O) groups is 1. The van der Waals surface area contributed by atoms with Gasteiger partial charge in [0.25, 0.3) is 0 Å². The third kappa shape index (κ3) is 5.18. The Morgan fingerprint density at radius 2 is 1.96 bits per heavy atom. The monoisotopic (exact) mass is 341 g/mol. The van der Waals surface area contributed by atoms with Crippen LogP contribution in [0.4, 0.5) is 0 Å². The maximum absolute atomic E-state index is 13.0. The molecule has 3 rings (SSSR count).